The van der Waals surface area contributed by atoms with Crippen molar-refractivity contribution in [3.8, 4) is 0 Å². The number of hydrogen-bond donors (Lipinski definition) is 3. The van der Waals surface area contributed by atoms with Crippen molar-refractivity contribution in [2.45, 2.75) is 25.4 Å². The van der Waals surface area contributed by atoms with Crippen LogP contribution in [0.25, 0.3) is 0 Å². The van der Waals surface area contributed by atoms with Crippen LogP contribution in [0.4, 0.5) is 10.5 Å². The van der Waals surface area contributed by atoms with Crippen molar-refractivity contribution < 1.29 is 4.79 Å². The van der Waals surface area contributed by atoms with Crippen LogP contribution in [-0.2, 0) is 6.54 Å². The number of rotatable bonds is 1. The standard InChI is InChI=1S/C13H18N4O.H3N/c14-17-12-4-2-1-3-10(12)9-16(13(17)18)11-5-7-15-8-6-11;/h1-4,11,15H,5-9,14H2;1H3. The largest absolute Gasteiger partial charge is 0.344 e. The van der Waals surface area contributed by atoms with Crippen molar-refractivity contribution in [2.24, 2.45) is 5.84 Å². The van der Waals surface area contributed by atoms with E-state index in [4.69, 9.17) is 5.84 Å². The van der Waals surface area contributed by atoms with Crippen LogP contribution in [0.15, 0.2) is 24.3 Å². The summed E-state index contributed by atoms with van der Waals surface area (Å²) in [7, 11) is 0. The summed E-state index contributed by atoms with van der Waals surface area (Å²) >= 11 is 0. The van der Waals surface area contributed by atoms with Crippen LogP contribution < -0.4 is 22.3 Å². The fourth-order valence-corrected chi connectivity index (χ4v) is 2.78. The first-order chi connectivity index (χ1) is 8.77. The van der Waals surface area contributed by atoms with E-state index >= 15 is 0 Å². The van der Waals surface area contributed by atoms with Crippen LogP contribution in [0.5, 0.6) is 0 Å². The Morgan fingerprint density at radius 1 is 1.21 bits per heavy atom. The molecule has 0 radical (unpaired) electrons. The zero-order valence-electron chi connectivity index (χ0n) is 11.0. The highest BCUT2D eigenvalue weighted by molar-refractivity contribution is 5.93. The molecule has 0 unspecified atom stereocenters. The summed E-state index contributed by atoms with van der Waals surface area (Å²) in [6, 6.07) is 8.05. The second-order valence-electron chi connectivity index (χ2n) is 4.89. The topological polar surface area (TPSA) is 96.6 Å². The van der Waals surface area contributed by atoms with Crippen molar-refractivity contribution >= 4 is 11.7 Å². The molecule has 1 fully saturated rings. The number of amides is 2. The molecule has 1 aromatic rings. The Morgan fingerprint density at radius 2 is 1.89 bits per heavy atom. The van der Waals surface area contributed by atoms with Crippen molar-refractivity contribution in [3.63, 3.8) is 0 Å². The van der Waals surface area contributed by atoms with Gasteiger partial charge in [0.2, 0.25) is 0 Å². The Morgan fingerprint density at radius 3 is 2.63 bits per heavy atom. The molecule has 3 rings (SSSR count). The van der Waals surface area contributed by atoms with Crippen molar-refractivity contribution in [3.05, 3.63) is 29.8 Å². The van der Waals surface area contributed by atoms with Gasteiger partial charge < -0.3 is 16.4 Å². The van der Waals surface area contributed by atoms with Crippen molar-refractivity contribution in [1.82, 2.24) is 16.4 Å². The minimum absolute atomic E-state index is 0. The second-order valence-corrected chi connectivity index (χ2v) is 4.89. The van der Waals surface area contributed by atoms with E-state index in [0.29, 0.717) is 12.6 Å². The fourth-order valence-electron chi connectivity index (χ4n) is 2.78. The third-order valence-corrected chi connectivity index (χ3v) is 3.79. The summed E-state index contributed by atoms with van der Waals surface area (Å²) in [5.41, 5.74) is 1.95. The van der Waals surface area contributed by atoms with E-state index in [9.17, 15) is 4.79 Å². The van der Waals surface area contributed by atoms with Gasteiger partial charge in [-0.2, -0.15) is 0 Å². The minimum atomic E-state index is -0.0828. The number of urea groups is 1. The molecule has 2 aliphatic rings. The van der Waals surface area contributed by atoms with Crippen LogP contribution in [0.2, 0.25) is 0 Å². The van der Waals surface area contributed by atoms with E-state index in [2.05, 4.69) is 5.32 Å². The fraction of sp³-hybridized carbons (Fsp3) is 0.462. The highest BCUT2D eigenvalue weighted by atomic mass is 16.2. The Balaban J connectivity index is 0.00000133. The number of anilines is 1. The number of fused-ring (bicyclic) bond motifs is 1. The minimum Gasteiger partial charge on any atom is -0.344 e. The number of nitrogens with two attached hydrogens (primary N) is 1. The third-order valence-electron chi connectivity index (χ3n) is 3.79. The quantitative estimate of drug-likeness (QED) is 0.524. The molecule has 2 amide bonds. The second kappa shape index (κ2) is 5.56. The first-order valence-corrected chi connectivity index (χ1v) is 6.41. The number of hydrazine groups is 1. The zero-order chi connectivity index (χ0) is 12.5. The molecule has 2 aliphatic heterocycles. The lowest BCUT2D eigenvalue weighted by Crippen LogP contribution is -2.56. The number of carbonyl (C=O) groups excluding carboxylic acids is 1. The first-order valence-electron chi connectivity index (χ1n) is 6.41. The van der Waals surface area contributed by atoms with Gasteiger partial charge in [-0.3, -0.25) is 0 Å². The lowest BCUT2D eigenvalue weighted by molar-refractivity contribution is 0.156. The zero-order valence-corrected chi connectivity index (χ0v) is 11.0. The maximum Gasteiger partial charge on any atom is 0.339 e. The predicted octanol–water partition coefficient (Wildman–Crippen LogP) is 1.22. The van der Waals surface area contributed by atoms with E-state index < -0.39 is 0 Å². The summed E-state index contributed by atoms with van der Waals surface area (Å²) in [5.74, 6) is 5.91. The maximum absolute atomic E-state index is 12.3. The molecule has 6 N–H and O–H groups in total. The molecule has 0 saturated carbocycles. The van der Waals surface area contributed by atoms with Gasteiger partial charge in [0.1, 0.15) is 0 Å². The number of piperidine rings is 1. The van der Waals surface area contributed by atoms with E-state index in [0.717, 1.165) is 37.2 Å². The van der Waals surface area contributed by atoms with Gasteiger partial charge in [0, 0.05) is 12.6 Å². The van der Waals surface area contributed by atoms with Crippen molar-refractivity contribution in [1.29, 1.82) is 0 Å². The SMILES string of the molecule is N.NN1C(=O)N(C2CCNCC2)Cc2ccccc21. The molecule has 104 valence electrons. The van der Waals surface area contributed by atoms with Crippen LogP contribution in [-0.4, -0.2) is 30.1 Å². The Bertz CT molecular complexity index is 458. The summed E-state index contributed by atoms with van der Waals surface area (Å²) < 4.78 is 0. The molecule has 0 aliphatic carbocycles. The maximum atomic E-state index is 12.3. The van der Waals surface area contributed by atoms with Gasteiger partial charge in [-0.1, -0.05) is 18.2 Å². The van der Waals surface area contributed by atoms with E-state index in [1.165, 1.54) is 5.01 Å². The summed E-state index contributed by atoms with van der Waals surface area (Å²) in [6.07, 6.45) is 2.00. The molecular weight excluding hydrogens is 242 g/mol. The monoisotopic (exact) mass is 263 g/mol. The number of carbonyl (C=O) groups is 1. The number of benzene rings is 1. The van der Waals surface area contributed by atoms with Gasteiger partial charge >= 0.3 is 6.03 Å². The van der Waals surface area contributed by atoms with Crippen LogP contribution >= 0.6 is 0 Å². The number of para-hydroxylation sites is 1. The van der Waals surface area contributed by atoms with Gasteiger partial charge in [-0.25, -0.2) is 15.6 Å². The Hall–Kier alpha value is -1.63. The first kappa shape index (κ1) is 13.8. The van der Waals surface area contributed by atoms with Gasteiger partial charge in [0.25, 0.3) is 0 Å². The van der Waals surface area contributed by atoms with Gasteiger partial charge in [-0.05, 0) is 37.6 Å². The van der Waals surface area contributed by atoms with Crippen LogP contribution in [0.3, 0.4) is 0 Å². The molecule has 0 atom stereocenters. The van der Waals surface area contributed by atoms with E-state index in [-0.39, 0.29) is 12.2 Å². The molecule has 6 nitrogen and oxygen atoms in total. The molecule has 0 aromatic heterocycles. The predicted molar refractivity (Wildman–Crippen MR) is 75.0 cm³/mol. The van der Waals surface area contributed by atoms with E-state index in [1.807, 2.05) is 29.2 Å². The number of nitrogens with zero attached hydrogens (tertiary/aromatic N) is 2. The molecule has 0 spiro atoms. The highest BCUT2D eigenvalue weighted by Crippen LogP contribution is 2.28. The normalized spacial score (nSPS) is 19.9. The number of hydrogen-bond acceptors (Lipinski definition) is 4. The number of nitrogens with one attached hydrogen (secondary N) is 1. The summed E-state index contributed by atoms with van der Waals surface area (Å²) in [5, 5.41) is 4.59. The van der Waals surface area contributed by atoms with Crippen molar-refractivity contribution in [2.75, 3.05) is 18.1 Å². The molecular formula is C13H21N5O. The molecule has 2 heterocycles. The molecule has 19 heavy (non-hydrogen) atoms. The molecule has 1 aromatic carbocycles. The average molecular weight is 263 g/mol. The average Bonchev–Trinajstić information content (AvgIpc) is 2.44. The smallest absolute Gasteiger partial charge is 0.339 e. The molecule has 1 saturated heterocycles. The molecule has 0 bridgehead atoms. The molecule has 6 heteroatoms. The summed E-state index contributed by atoms with van der Waals surface area (Å²) in [4.78, 5) is 14.2. The van der Waals surface area contributed by atoms with Gasteiger partial charge in [0.05, 0.1) is 5.69 Å². The van der Waals surface area contributed by atoms with E-state index in [1.54, 1.807) is 0 Å². The highest BCUT2D eigenvalue weighted by Gasteiger charge is 2.33. The Labute approximate surface area is 113 Å². The van der Waals surface area contributed by atoms with Crippen LogP contribution in [0.1, 0.15) is 18.4 Å². The lowest BCUT2D eigenvalue weighted by Gasteiger charge is -2.40. The third kappa shape index (κ3) is 2.42. The van der Waals surface area contributed by atoms with Crippen LogP contribution in [0, 0.1) is 0 Å². The lowest BCUT2D eigenvalue weighted by atomic mass is 10.0. The van der Waals surface area contributed by atoms with Gasteiger partial charge in [0.15, 0.2) is 0 Å². The summed E-state index contributed by atoms with van der Waals surface area (Å²) in [6.45, 7) is 2.62. The Kier molecular flexibility index (Phi) is 4.04. The van der Waals surface area contributed by atoms with Gasteiger partial charge in [-0.15, -0.1) is 0 Å².